The number of fused-ring (bicyclic) bond motifs is 1. The number of carbonyl (C=O) groups excluding carboxylic acids is 3. The number of esters is 2. The average molecular weight is 429 g/mol. The van der Waals surface area contributed by atoms with Gasteiger partial charge in [0.05, 0.1) is 17.9 Å². The molecular weight excluding hydrogens is 402 g/mol. The lowest BCUT2D eigenvalue weighted by molar-refractivity contribution is -0.152. The molecule has 0 bridgehead atoms. The Morgan fingerprint density at radius 2 is 1.77 bits per heavy atom. The van der Waals surface area contributed by atoms with Crippen molar-refractivity contribution in [3.63, 3.8) is 0 Å². The molecule has 1 amide bonds. The van der Waals surface area contributed by atoms with Crippen LogP contribution in [0.3, 0.4) is 0 Å². The summed E-state index contributed by atoms with van der Waals surface area (Å²) in [7, 11) is 0. The van der Waals surface area contributed by atoms with E-state index in [1.807, 2.05) is 0 Å². The van der Waals surface area contributed by atoms with Crippen molar-refractivity contribution in [1.82, 2.24) is 14.7 Å². The van der Waals surface area contributed by atoms with Gasteiger partial charge in [0.15, 0.2) is 11.8 Å². The third-order valence-corrected chi connectivity index (χ3v) is 5.42. The third kappa shape index (κ3) is 4.76. The van der Waals surface area contributed by atoms with Crippen LogP contribution in [-0.4, -0.2) is 58.3 Å². The zero-order valence-electron chi connectivity index (χ0n) is 18.0. The lowest BCUT2D eigenvalue weighted by atomic mass is 9.97. The molecule has 166 valence electrons. The summed E-state index contributed by atoms with van der Waals surface area (Å²) >= 11 is 0. The minimum Gasteiger partial charge on any atom is -0.466 e. The van der Waals surface area contributed by atoms with Crippen molar-refractivity contribution in [1.29, 1.82) is 0 Å². The van der Waals surface area contributed by atoms with Crippen LogP contribution >= 0.6 is 0 Å². The lowest BCUT2D eigenvalue weighted by Gasteiger charge is -2.32. The minimum atomic E-state index is -1.02. The normalized spacial score (nSPS) is 15.5. The first-order chi connectivity index (χ1) is 14.9. The van der Waals surface area contributed by atoms with Crippen molar-refractivity contribution in [3.8, 4) is 0 Å². The first kappa shape index (κ1) is 22.5. The molecule has 1 atom stereocenters. The van der Waals surface area contributed by atoms with Crippen molar-refractivity contribution in [3.05, 3.63) is 40.3 Å². The second kappa shape index (κ2) is 9.72. The average Bonchev–Trinajstić information content (AvgIpc) is 2.79. The maximum atomic E-state index is 12.8. The van der Waals surface area contributed by atoms with Gasteiger partial charge in [0.2, 0.25) is 0 Å². The zero-order chi connectivity index (χ0) is 22.5. The summed E-state index contributed by atoms with van der Waals surface area (Å²) in [6, 6.07) is 6.68. The van der Waals surface area contributed by atoms with Crippen LogP contribution in [0.2, 0.25) is 0 Å². The summed E-state index contributed by atoms with van der Waals surface area (Å²) in [6.45, 7) is 6.45. The maximum absolute atomic E-state index is 12.8. The van der Waals surface area contributed by atoms with Crippen LogP contribution in [0, 0.1) is 5.92 Å². The van der Waals surface area contributed by atoms with E-state index in [0.717, 1.165) is 0 Å². The Labute approximate surface area is 179 Å². The summed E-state index contributed by atoms with van der Waals surface area (Å²) in [5, 5.41) is 4.90. The number of carbonyl (C=O) groups is 3. The number of nitrogens with zero attached hydrogens (tertiary/aromatic N) is 3. The molecule has 2 aromatic rings. The van der Waals surface area contributed by atoms with Crippen LogP contribution in [-0.2, 0) is 25.6 Å². The van der Waals surface area contributed by atoms with Gasteiger partial charge in [-0.1, -0.05) is 18.2 Å². The minimum absolute atomic E-state index is 0.00211. The lowest BCUT2D eigenvalue weighted by Crippen LogP contribution is -2.45. The van der Waals surface area contributed by atoms with E-state index in [0.29, 0.717) is 49.9 Å². The Morgan fingerprint density at radius 1 is 1.13 bits per heavy atom. The summed E-state index contributed by atoms with van der Waals surface area (Å²) in [5.74, 6) is -1.55. The van der Waals surface area contributed by atoms with Crippen LogP contribution in [0.5, 0.6) is 0 Å². The standard InChI is InChI=1S/C22H27N3O6/c1-4-25-20(27)17-9-7-6-8-16(17)18(23-25)22(29)31-14(3)19(26)24-12-10-15(11-13-24)21(28)30-5-2/h6-9,14-15H,4-5,10-13H2,1-3H3/t14-/m0/s1. The fourth-order valence-electron chi connectivity index (χ4n) is 3.72. The topological polar surface area (TPSA) is 108 Å². The number of aromatic nitrogens is 2. The monoisotopic (exact) mass is 429 g/mol. The van der Waals surface area contributed by atoms with E-state index < -0.39 is 12.1 Å². The maximum Gasteiger partial charge on any atom is 0.360 e. The van der Waals surface area contributed by atoms with Crippen LogP contribution < -0.4 is 5.56 Å². The molecule has 9 heteroatoms. The number of benzene rings is 1. The number of ether oxygens (including phenoxy) is 2. The Bertz CT molecular complexity index is 1040. The van der Waals surface area contributed by atoms with Crippen LogP contribution in [0.1, 0.15) is 44.1 Å². The van der Waals surface area contributed by atoms with E-state index in [1.54, 1.807) is 43.0 Å². The zero-order valence-corrected chi connectivity index (χ0v) is 18.0. The molecule has 1 aromatic heterocycles. The number of hydrogen-bond donors (Lipinski definition) is 0. The molecule has 0 aliphatic carbocycles. The molecule has 1 aliphatic heterocycles. The van der Waals surface area contributed by atoms with Crippen molar-refractivity contribution in [2.24, 2.45) is 5.92 Å². The van der Waals surface area contributed by atoms with Gasteiger partial charge in [-0.2, -0.15) is 5.10 Å². The first-order valence-electron chi connectivity index (χ1n) is 10.5. The Kier molecular flexibility index (Phi) is 7.04. The van der Waals surface area contributed by atoms with Gasteiger partial charge in [-0.3, -0.25) is 14.4 Å². The van der Waals surface area contributed by atoms with Crippen molar-refractivity contribution < 1.29 is 23.9 Å². The predicted molar refractivity (Wildman–Crippen MR) is 112 cm³/mol. The third-order valence-electron chi connectivity index (χ3n) is 5.42. The Morgan fingerprint density at radius 3 is 2.39 bits per heavy atom. The number of hydrogen-bond acceptors (Lipinski definition) is 7. The molecule has 31 heavy (non-hydrogen) atoms. The van der Waals surface area contributed by atoms with Gasteiger partial charge in [0, 0.05) is 25.0 Å². The molecular formula is C22H27N3O6. The molecule has 0 spiro atoms. The Hall–Kier alpha value is -3.23. The molecule has 1 saturated heterocycles. The largest absolute Gasteiger partial charge is 0.466 e. The van der Waals surface area contributed by atoms with Gasteiger partial charge in [-0.15, -0.1) is 0 Å². The number of piperidine rings is 1. The molecule has 1 fully saturated rings. The number of rotatable bonds is 6. The molecule has 0 saturated carbocycles. The predicted octanol–water partition coefficient (Wildman–Crippen LogP) is 1.76. The molecule has 1 aliphatic rings. The van der Waals surface area contributed by atoms with Crippen molar-refractivity contribution >= 4 is 28.6 Å². The van der Waals surface area contributed by atoms with E-state index in [2.05, 4.69) is 5.10 Å². The summed E-state index contributed by atoms with van der Waals surface area (Å²) < 4.78 is 11.7. The molecule has 2 heterocycles. The fourth-order valence-corrected chi connectivity index (χ4v) is 3.72. The van der Waals surface area contributed by atoms with Gasteiger partial charge in [0.1, 0.15) is 0 Å². The highest BCUT2D eigenvalue weighted by atomic mass is 16.5. The van der Waals surface area contributed by atoms with E-state index >= 15 is 0 Å². The smallest absolute Gasteiger partial charge is 0.360 e. The summed E-state index contributed by atoms with van der Waals surface area (Å²) in [5.41, 5.74) is -0.291. The van der Waals surface area contributed by atoms with Crippen molar-refractivity contribution in [2.45, 2.75) is 46.3 Å². The van der Waals surface area contributed by atoms with E-state index in [1.165, 1.54) is 11.6 Å². The second-order valence-electron chi connectivity index (χ2n) is 7.41. The highest BCUT2D eigenvalue weighted by molar-refractivity contribution is 6.02. The molecule has 0 unspecified atom stereocenters. The Balaban J connectivity index is 1.70. The van der Waals surface area contributed by atoms with E-state index in [4.69, 9.17) is 9.47 Å². The molecule has 1 aromatic carbocycles. The SMILES string of the molecule is CCOC(=O)C1CCN(C(=O)[C@H](C)OC(=O)c2nn(CC)c(=O)c3ccccc23)CC1. The van der Waals surface area contributed by atoms with E-state index in [9.17, 15) is 19.2 Å². The highest BCUT2D eigenvalue weighted by Crippen LogP contribution is 2.20. The van der Waals surface area contributed by atoms with E-state index in [-0.39, 0.29) is 29.0 Å². The van der Waals surface area contributed by atoms with Crippen molar-refractivity contribution in [2.75, 3.05) is 19.7 Å². The highest BCUT2D eigenvalue weighted by Gasteiger charge is 2.32. The molecule has 0 radical (unpaired) electrons. The first-order valence-corrected chi connectivity index (χ1v) is 10.5. The van der Waals surface area contributed by atoms with Gasteiger partial charge in [-0.05, 0) is 39.7 Å². The second-order valence-corrected chi connectivity index (χ2v) is 7.41. The van der Waals surface area contributed by atoms with Crippen LogP contribution in [0.25, 0.3) is 10.8 Å². The number of amides is 1. The summed E-state index contributed by atoms with van der Waals surface area (Å²) in [4.78, 5) is 51.5. The van der Waals surface area contributed by atoms with Gasteiger partial charge in [0.25, 0.3) is 11.5 Å². The van der Waals surface area contributed by atoms with Crippen LogP contribution in [0.15, 0.2) is 29.1 Å². The molecule has 9 nitrogen and oxygen atoms in total. The molecule has 3 rings (SSSR count). The fraction of sp³-hybridized carbons (Fsp3) is 0.500. The van der Waals surface area contributed by atoms with Crippen LogP contribution in [0.4, 0.5) is 0 Å². The van der Waals surface area contributed by atoms with Gasteiger partial charge >= 0.3 is 11.9 Å². The van der Waals surface area contributed by atoms with Gasteiger partial charge < -0.3 is 14.4 Å². The summed E-state index contributed by atoms with van der Waals surface area (Å²) in [6.07, 6.45) is 0.00634. The quantitative estimate of drug-likeness (QED) is 0.644. The van der Waals surface area contributed by atoms with Gasteiger partial charge in [-0.25, -0.2) is 9.48 Å². The molecule has 0 N–H and O–H groups in total. The number of likely N-dealkylation sites (tertiary alicyclic amines) is 1. The number of aryl methyl sites for hydroxylation is 1.